The minimum Gasteiger partial charge on any atom is -0.497 e. The van der Waals surface area contributed by atoms with Crippen molar-refractivity contribution in [2.45, 2.75) is 12.8 Å². The van der Waals surface area contributed by atoms with Crippen molar-refractivity contribution in [2.24, 2.45) is 0 Å². The number of carbonyl (C=O) groups is 1. The number of carbonyl (C=O) groups excluding carboxylic acids is 1. The predicted octanol–water partition coefficient (Wildman–Crippen LogP) is 3.76. The molecule has 1 aliphatic heterocycles. The van der Waals surface area contributed by atoms with Crippen LogP contribution >= 0.6 is 0 Å². The van der Waals surface area contributed by atoms with Gasteiger partial charge in [-0.2, -0.15) is 0 Å². The van der Waals surface area contributed by atoms with Gasteiger partial charge in [-0.15, -0.1) is 0 Å². The van der Waals surface area contributed by atoms with Crippen LogP contribution in [-0.2, 0) is 12.8 Å². The highest BCUT2D eigenvalue weighted by atomic mass is 16.5. The van der Waals surface area contributed by atoms with Gasteiger partial charge in [0.25, 0.3) is 5.91 Å². The number of nitrogens with one attached hydrogen (secondary N) is 1. The Morgan fingerprint density at radius 3 is 2.86 bits per heavy atom. The smallest absolute Gasteiger partial charge is 0.269 e. The van der Waals surface area contributed by atoms with E-state index in [4.69, 9.17) is 4.74 Å². The van der Waals surface area contributed by atoms with Crippen LogP contribution in [-0.4, -0.2) is 31.1 Å². The van der Waals surface area contributed by atoms with Crippen molar-refractivity contribution in [3.05, 3.63) is 83.7 Å². The maximum absolute atomic E-state index is 12.4. The van der Waals surface area contributed by atoms with E-state index >= 15 is 0 Å². The second kappa shape index (κ2) is 8.13. The maximum atomic E-state index is 12.4. The van der Waals surface area contributed by atoms with Gasteiger partial charge in [0.05, 0.1) is 19.0 Å². The summed E-state index contributed by atoms with van der Waals surface area (Å²) >= 11 is 0. The number of hydrogen-bond acceptors (Lipinski definition) is 4. The molecule has 0 saturated heterocycles. The fourth-order valence-corrected chi connectivity index (χ4v) is 3.53. The van der Waals surface area contributed by atoms with Crippen LogP contribution in [0.4, 0.5) is 11.4 Å². The first-order chi connectivity index (χ1) is 13.7. The molecule has 0 atom stereocenters. The van der Waals surface area contributed by atoms with E-state index in [1.165, 1.54) is 11.3 Å². The van der Waals surface area contributed by atoms with Crippen molar-refractivity contribution in [3.63, 3.8) is 0 Å². The van der Waals surface area contributed by atoms with Crippen LogP contribution < -0.4 is 15.0 Å². The Morgan fingerprint density at radius 1 is 1.14 bits per heavy atom. The van der Waals surface area contributed by atoms with Gasteiger partial charge in [0.15, 0.2) is 0 Å². The van der Waals surface area contributed by atoms with Gasteiger partial charge in [0.2, 0.25) is 0 Å². The van der Waals surface area contributed by atoms with E-state index in [-0.39, 0.29) is 5.91 Å². The number of fused-ring (bicyclic) bond motifs is 1. The molecule has 0 bridgehead atoms. The van der Waals surface area contributed by atoms with Crippen LogP contribution in [0.15, 0.2) is 66.9 Å². The molecule has 5 heteroatoms. The molecule has 0 saturated carbocycles. The molecule has 142 valence electrons. The SMILES string of the molecule is COc1cccc(CCNC(=O)c2ccc(N3CCc4ccccc43)cn2)c1. The minimum absolute atomic E-state index is 0.156. The third-order valence-electron chi connectivity index (χ3n) is 5.01. The van der Waals surface area contributed by atoms with Crippen molar-refractivity contribution in [2.75, 3.05) is 25.1 Å². The molecular formula is C23H23N3O2. The highest BCUT2D eigenvalue weighted by Gasteiger charge is 2.20. The van der Waals surface area contributed by atoms with Gasteiger partial charge in [0, 0.05) is 18.8 Å². The first-order valence-corrected chi connectivity index (χ1v) is 9.47. The lowest BCUT2D eigenvalue weighted by Gasteiger charge is -2.19. The number of benzene rings is 2. The average Bonchev–Trinajstić information content (AvgIpc) is 3.18. The van der Waals surface area contributed by atoms with Gasteiger partial charge < -0.3 is 15.0 Å². The van der Waals surface area contributed by atoms with Crippen molar-refractivity contribution in [3.8, 4) is 5.75 Å². The summed E-state index contributed by atoms with van der Waals surface area (Å²) in [6.07, 6.45) is 3.55. The second-order valence-corrected chi connectivity index (χ2v) is 6.79. The van der Waals surface area contributed by atoms with Crippen LogP contribution in [0.5, 0.6) is 5.75 Å². The number of anilines is 2. The van der Waals surface area contributed by atoms with E-state index in [0.717, 1.165) is 36.4 Å². The van der Waals surface area contributed by atoms with Gasteiger partial charge in [0.1, 0.15) is 11.4 Å². The fraction of sp³-hybridized carbons (Fsp3) is 0.217. The zero-order valence-electron chi connectivity index (χ0n) is 15.9. The monoisotopic (exact) mass is 373 g/mol. The van der Waals surface area contributed by atoms with Crippen molar-refractivity contribution >= 4 is 17.3 Å². The van der Waals surface area contributed by atoms with E-state index in [9.17, 15) is 4.79 Å². The molecule has 1 aromatic heterocycles. The molecule has 0 radical (unpaired) electrons. The summed E-state index contributed by atoms with van der Waals surface area (Å²) < 4.78 is 5.23. The van der Waals surface area contributed by atoms with Crippen LogP contribution in [0, 0.1) is 0 Å². The van der Waals surface area contributed by atoms with E-state index < -0.39 is 0 Å². The van der Waals surface area contributed by atoms with E-state index in [0.29, 0.717) is 12.2 Å². The standard InChI is InChI=1S/C23H23N3O2/c1-28-20-7-4-5-17(15-20)11-13-24-23(27)21-10-9-19(16-25-21)26-14-12-18-6-2-3-8-22(18)26/h2-10,15-16H,11-14H2,1H3,(H,24,27). The summed E-state index contributed by atoms with van der Waals surface area (Å²) in [7, 11) is 1.65. The maximum Gasteiger partial charge on any atom is 0.269 e. The summed E-state index contributed by atoms with van der Waals surface area (Å²) in [5.41, 5.74) is 5.14. The van der Waals surface area contributed by atoms with Crippen molar-refractivity contribution in [1.29, 1.82) is 0 Å². The molecule has 4 rings (SSSR count). The largest absolute Gasteiger partial charge is 0.497 e. The lowest BCUT2D eigenvalue weighted by molar-refractivity contribution is 0.0949. The van der Waals surface area contributed by atoms with E-state index in [1.54, 1.807) is 19.4 Å². The van der Waals surface area contributed by atoms with Crippen LogP contribution in [0.25, 0.3) is 0 Å². The van der Waals surface area contributed by atoms with Gasteiger partial charge in [-0.25, -0.2) is 4.98 Å². The average molecular weight is 373 g/mol. The number of para-hydroxylation sites is 1. The molecule has 5 nitrogen and oxygen atoms in total. The molecule has 0 unspecified atom stereocenters. The molecule has 2 heterocycles. The molecule has 1 aliphatic rings. The number of hydrogen-bond donors (Lipinski definition) is 1. The van der Waals surface area contributed by atoms with Gasteiger partial charge in [-0.1, -0.05) is 30.3 Å². The Bertz CT molecular complexity index is 970. The van der Waals surface area contributed by atoms with Gasteiger partial charge in [-0.3, -0.25) is 4.79 Å². The molecule has 0 fully saturated rings. The van der Waals surface area contributed by atoms with Crippen molar-refractivity contribution in [1.82, 2.24) is 10.3 Å². The van der Waals surface area contributed by atoms with E-state index in [2.05, 4.69) is 39.5 Å². The third kappa shape index (κ3) is 3.83. The van der Waals surface area contributed by atoms with Crippen molar-refractivity contribution < 1.29 is 9.53 Å². The fourth-order valence-electron chi connectivity index (χ4n) is 3.53. The number of methoxy groups -OCH3 is 1. The molecule has 1 amide bonds. The van der Waals surface area contributed by atoms with E-state index in [1.807, 2.05) is 30.3 Å². The summed E-state index contributed by atoms with van der Waals surface area (Å²) in [5.74, 6) is 0.667. The number of rotatable bonds is 6. The lowest BCUT2D eigenvalue weighted by Crippen LogP contribution is -2.26. The molecule has 2 aromatic carbocycles. The highest BCUT2D eigenvalue weighted by Crippen LogP contribution is 2.33. The second-order valence-electron chi connectivity index (χ2n) is 6.79. The number of nitrogens with zero attached hydrogens (tertiary/aromatic N) is 2. The summed E-state index contributed by atoms with van der Waals surface area (Å²) in [5, 5.41) is 2.93. The summed E-state index contributed by atoms with van der Waals surface area (Å²) in [4.78, 5) is 19.0. The van der Waals surface area contributed by atoms with Crippen LogP contribution in [0.2, 0.25) is 0 Å². The first kappa shape index (κ1) is 18.0. The molecule has 0 spiro atoms. The minimum atomic E-state index is -0.156. The Kier molecular flexibility index (Phi) is 5.24. The summed E-state index contributed by atoms with van der Waals surface area (Å²) in [6.45, 7) is 1.49. The van der Waals surface area contributed by atoms with Crippen LogP contribution in [0.3, 0.4) is 0 Å². The van der Waals surface area contributed by atoms with Crippen LogP contribution in [0.1, 0.15) is 21.6 Å². The Labute approximate surface area is 165 Å². The summed E-state index contributed by atoms with van der Waals surface area (Å²) in [6, 6.07) is 20.0. The number of aromatic nitrogens is 1. The zero-order chi connectivity index (χ0) is 19.3. The molecule has 1 N–H and O–H groups in total. The highest BCUT2D eigenvalue weighted by molar-refractivity contribution is 5.92. The molecular weight excluding hydrogens is 350 g/mol. The number of amides is 1. The Balaban J connectivity index is 1.35. The normalized spacial score (nSPS) is 12.5. The number of pyridine rings is 1. The topological polar surface area (TPSA) is 54.5 Å². The van der Waals surface area contributed by atoms with Gasteiger partial charge in [-0.05, 0) is 54.3 Å². The quantitative estimate of drug-likeness (QED) is 0.715. The molecule has 3 aromatic rings. The third-order valence-corrected chi connectivity index (χ3v) is 5.01. The van der Waals surface area contributed by atoms with Gasteiger partial charge >= 0.3 is 0 Å². The zero-order valence-corrected chi connectivity index (χ0v) is 15.9. The number of ether oxygens (including phenoxy) is 1. The first-order valence-electron chi connectivity index (χ1n) is 9.47. The predicted molar refractivity (Wildman–Crippen MR) is 110 cm³/mol. The molecule has 0 aliphatic carbocycles. The molecule has 28 heavy (non-hydrogen) atoms. The Hall–Kier alpha value is -3.34. The Morgan fingerprint density at radius 2 is 2.04 bits per heavy atom. The lowest BCUT2D eigenvalue weighted by atomic mass is 10.1.